The first-order valence-electron chi connectivity index (χ1n) is 5.81. The molecule has 6 nitrogen and oxygen atoms in total. The van der Waals surface area contributed by atoms with E-state index < -0.39 is 16.9 Å². The number of nitrogens with zero attached hydrogens (tertiary/aromatic N) is 1. The van der Waals surface area contributed by atoms with Gasteiger partial charge in [0.05, 0.1) is 11.0 Å². The average molecular weight is 330 g/mol. The molecule has 0 aliphatic rings. The maximum absolute atomic E-state index is 11.8. The van der Waals surface area contributed by atoms with Gasteiger partial charge in [-0.2, -0.15) is 0 Å². The highest BCUT2D eigenvalue weighted by molar-refractivity contribution is 9.10. The van der Waals surface area contributed by atoms with Crippen molar-refractivity contribution in [3.63, 3.8) is 0 Å². The van der Waals surface area contributed by atoms with Gasteiger partial charge in [-0.3, -0.25) is 14.9 Å². The molecule has 0 saturated heterocycles. The zero-order chi connectivity index (χ0) is 14.6. The van der Waals surface area contributed by atoms with E-state index in [9.17, 15) is 14.9 Å². The smallest absolute Gasteiger partial charge is 0.293 e. The third-order valence-corrected chi connectivity index (χ3v) is 2.97. The second-order valence-electron chi connectivity index (χ2n) is 4.64. The predicted octanol–water partition coefficient (Wildman–Crippen LogP) is 2.67. The minimum absolute atomic E-state index is 0.150. The molecule has 7 heteroatoms. The molecule has 0 aromatic heterocycles. The second kappa shape index (κ2) is 6.63. The molecule has 1 atom stereocenters. The van der Waals surface area contributed by atoms with Gasteiger partial charge in [0, 0.05) is 10.5 Å². The van der Waals surface area contributed by atoms with Gasteiger partial charge in [-0.05, 0) is 24.5 Å². The van der Waals surface area contributed by atoms with Crippen LogP contribution in [0.25, 0.3) is 0 Å². The molecule has 0 fully saturated rings. The highest BCUT2D eigenvalue weighted by Crippen LogP contribution is 2.28. The van der Waals surface area contributed by atoms with Crippen molar-refractivity contribution in [1.82, 2.24) is 0 Å². The lowest BCUT2D eigenvalue weighted by Gasteiger charge is -2.14. The van der Waals surface area contributed by atoms with Crippen LogP contribution in [0.4, 0.5) is 11.4 Å². The molecular weight excluding hydrogens is 314 g/mol. The number of amides is 1. The van der Waals surface area contributed by atoms with E-state index in [-0.39, 0.29) is 17.3 Å². The third kappa shape index (κ3) is 4.60. The van der Waals surface area contributed by atoms with Crippen LogP contribution in [0.5, 0.6) is 0 Å². The molecule has 0 heterocycles. The highest BCUT2D eigenvalue weighted by atomic mass is 79.9. The molecule has 0 radical (unpaired) electrons. The number of nitrogens with two attached hydrogens (primary N) is 1. The van der Waals surface area contributed by atoms with Gasteiger partial charge in [0.15, 0.2) is 0 Å². The van der Waals surface area contributed by atoms with Gasteiger partial charge >= 0.3 is 0 Å². The predicted molar refractivity (Wildman–Crippen MR) is 76.9 cm³/mol. The number of carbonyl (C=O) groups is 1. The van der Waals surface area contributed by atoms with Crippen molar-refractivity contribution in [1.29, 1.82) is 0 Å². The Hall–Kier alpha value is -1.47. The summed E-state index contributed by atoms with van der Waals surface area (Å²) in [6.07, 6.45) is 0.524. The van der Waals surface area contributed by atoms with Crippen LogP contribution in [0.1, 0.15) is 20.3 Å². The van der Waals surface area contributed by atoms with Crippen LogP contribution in [0.15, 0.2) is 22.7 Å². The largest absolute Gasteiger partial charge is 0.320 e. The fourth-order valence-corrected chi connectivity index (χ4v) is 1.95. The third-order valence-electron chi connectivity index (χ3n) is 2.48. The van der Waals surface area contributed by atoms with Gasteiger partial charge in [-0.25, -0.2) is 0 Å². The fraction of sp³-hybridized carbons (Fsp3) is 0.417. The normalized spacial score (nSPS) is 12.3. The number of nitro groups is 1. The van der Waals surface area contributed by atoms with Crippen molar-refractivity contribution in [2.24, 2.45) is 11.7 Å². The molecule has 0 spiro atoms. The summed E-state index contributed by atoms with van der Waals surface area (Å²) in [5.74, 6) is -0.139. The van der Waals surface area contributed by atoms with E-state index >= 15 is 0 Å². The molecule has 3 N–H and O–H groups in total. The van der Waals surface area contributed by atoms with Gasteiger partial charge in [0.2, 0.25) is 5.91 Å². The lowest BCUT2D eigenvalue weighted by atomic mass is 10.0. The quantitative estimate of drug-likeness (QED) is 0.640. The summed E-state index contributed by atoms with van der Waals surface area (Å²) < 4.78 is 0.573. The Morgan fingerprint density at radius 1 is 1.53 bits per heavy atom. The van der Waals surface area contributed by atoms with Gasteiger partial charge in [0.1, 0.15) is 5.69 Å². The van der Waals surface area contributed by atoms with Gasteiger partial charge in [-0.1, -0.05) is 29.8 Å². The first-order valence-corrected chi connectivity index (χ1v) is 6.61. The summed E-state index contributed by atoms with van der Waals surface area (Å²) in [5.41, 5.74) is 5.71. The number of hydrogen-bond acceptors (Lipinski definition) is 4. The molecule has 1 aromatic rings. The molecule has 0 saturated carbocycles. The highest BCUT2D eigenvalue weighted by Gasteiger charge is 2.20. The van der Waals surface area contributed by atoms with Crippen molar-refractivity contribution < 1.29 is 9.72 Å². The van der Waals surface area contributed by atoms with E-state index in [1.54, 1.807) is 6.07 Å². The summed E-state index contributed by atoms with van der Waals surface area (Å²) >= 11 is 3.15. The number of benzene rings is 1. The fourth-order valence-electron chi connectivity index (χ4n) is 1.60. The van der Waals surface area contributed by atoms with Crippen molar-refractivity contribution in [2.75, 3.05) is 5.32 Å². The Balaban J connectivity index is 2.87. The summed E-state index contributed by atoms with van der Waals surface area (Å²) in [6, 6.07) is 3.76. The first-order chi connectivity index (χ1) is 8.81. The lowest BCUT2D eigenvalue weighted by Crippen LogP contribution is -2.36. The van der Waals surface area contributed by atoms with Crippen LogP contribution in [-0.4, -0.2) is 16.9 Å². The molecule has 1 amide bonds. The van der Waals surface area contributed by atoms with Gasteiger partial charge in [0.25, 0.3) is 5.69 Å². The van der Waals surface area contributed by atoms with Crippen LogP contribution in [0, 0.1) is 16.0 Å². The molecule has 1 rings (SSSR count). The van der Waals surface area contributed by atoms with Gasteiger partial charge in [-0.15, -0.1) is 0 Å². The molecule has 0 aliphatic heterocycles. The Labute approximate surface area is 119 Å². The molecule has 0 unspecified atom stereocenters. The Morgan fingerprint density at radius 3 is 2.68 bits per heavy atom. The van der Waals surface area contributed by atoms with Crippen molar-refractivity contribution in [3.8, 4) is 0 Å². The topological polar surface area (TPSA) is 98.3 Å². The van der Waals surface area contributed by atoms with Gasteiger partial charge < -0.3 is 11.1 Å². The van der Waals surface area contributed by atoms with E-state index in [0.717, 1.165) is 0 Å². The molecule has 19 heavy (non-hydrogen) atoms. The zero-order valence-corrected chi connectivity index (χ0v) is 12.3. The standard InChI is InChI=1S/C12H16BrN3O3/c1-7(2)5-9(14)12(17)15-10-4-3-8(13)6-11(10)16(18)19/h3-4,6-7,9H,5,14H2,1-2H3,(H,15,17)/t9-/m0/s1. The number of rotatable bonds is 5. The molecular formula is C12H16BrN3O3. The van der Waals surface area contributed by atoms with Crippen LogP contribution < -0.4 is 11.1 Å². The van der Waals surface area contributed by atoms with E-state index in [1.165, 1.54) is 12.1 Å². The summed E-state index contributed by atoms with van der Waals surface area (Å²) in [6.45, 7) is 3.91. The van der Waals surface area contributed by atoms with Crippen molar-refractivity contribution in [3.05, 3.63) is 32.8 Å². The van der Waals surface area contributed by atoms with Crippen LogP contribution in [0.3, 0.4) is 0 Å². The summed E-state index contributed by atoms with van der Waals surface area (Å²) in [5, 5.41) is 13.4. The average Bonchev–Trinajstić information content (AvgIpc) is 2.30. The van der Waals surface area contributed by atoms with E-state index in [1.807, 2.05) is 13.8 Å². The number of carbonyl (C=O) groups excluding carboxylic acids is 1. The molecule has 0 bridgehead atoms. The zero-order valence-electron chi connectivity index (χ0n) is 10.7. The minimum Gasteiger partial charge on any atom is -0.320 e. The maximum Gasteiger partial charge on any atom is 0.293 e. The summed E-state index contributed by atoms with van der Waals surface area (Å²) in [4.78, 5) is 22.2. The maximum atomic E-state index is 11.8. The summed E-state index contributed by atoms with van der Waals surface area (Å²) in [7, 11) is 0. The Kier molecular flexibility index (Phi) is 5.44. The van der Waals surface area contributed by atoms with Crippen LogP contribution in [-0.2, 0) is 4.79 Å². The second-order valence-corrected chi connectivity index (χ2v) is 5.56. The number of halogens is 1. The number of nitro benzene ring substituents is 1. The molecule has 104 valence electrons. The number of hydrogen-bond donors (Lipinski definition) is 2. The molecule has 1 aromatic carbocycles. The molecule has 0 aliphatic carbocycles. The van der Waals surface area contributed by atoms with E-state index in [0.29, 0.717) is 10.9 Å². The number of anilines is 1. The monoisotopic (exact) mass is 329 g/mol. The number of nitrogens with one attached hydrogen (secondary N) is 1. The SMILES string of the molecule is CC(C)C[C@H](N)C(=O)Nc1ccc(Br)cc1[N+](=O)[O-]. The lowest BCUT2D eigenvalue weighted by molar-refractivity contribution is -0.384. The van der Waals surface area contributed by atoms with E-state index in [4.69, 9.17) is 5.73 Å². The van der Waals surface area contributed by atoms with Crippen molar-refractivity contribution in [2.45, 2.75) is 26.3 Å². The van der Waals surface area contributed by atoms with Crippen LogP contribution in [0.2, 0.25) is 0 Å². The van der Waals surface area contributed by atoms with Crippen molar-refractivity contribution >= 4 is 33.2 Å². The van der Waals surface area contributed by atoms with E-state index in [2.05, 4.69) is 21.2 Å². The minimum atomic E-state index is -0.678. The van der Waals surface area contributed by atoms with Crippen LogP contribution >= 0.6 is 15.9 Å². The Morgan fingerprint density at radius 2 is 2.16 bits per heavy atom. The Bertz CT molecular complexity index is 491. The first kappa shape index (κ1) is 15.6.